The molecule has 0 saturated carbocycles. The van der Waals surface area contributed by atoms with Gasteiger partial charge in [0.05, 0.1) is 6.61 Å². The summed E-state index contributed by atoms with van der Waals surface area (Å²) in [7, 11) is 4.15. The molecule has 0 saturated heterocycles. The van der Waals surface area contributed by atoms with Gasteiger partial charge in [0.15, 0.2) is 0 Å². The minimum absolute atomic E-state index is 0. The Balaban J connectivity index is 0.00000192. The highest BCUT2D eigenvalue weighted by atomic mass is 79.9. The number of hydrogen-bond acceptors (Lipinski definition) is 2. The molecule has 2 aromatic rings. The summed E-state index contributed by atoms with van der Waals surface area (Å²) in [6.07, 6.45) is 1.92. The molecule has 124 valence electrons. The maximum absolute atomic E-state index is 13.3. The molecule has 1 heterocycles. The van der Waals surface area contributed by atoms with Crippen molar-refractivity contribution >= 4 is 17.0 Å². The van der Waals surface area contributed by atoms with Crippen molar-refractivity contribution in [2.24, 2.45) is 0 Å². The Bertz CT molecular complexity index is 644. The lowest BCUT2D eigenvalue weighted by atomic mass is 9.82. The second-order valence-corrected chi connectivity index (χ2v) is 6.19. The number of benzene rings is 2. The normalized spacial score (nSPS) is 19.5. The molecule has 0 fully saturated rings. The number of ether oxygens (including phenoxy) is 1. The van der Waals surface area contributed by atoms with E-state index in [1.807, 2.05) is 18.2 Å². The molecule has 2 aromatic carbocycles. The van der Waals surface area contributed by atoms with Crippen LogP contribution in [0.2, 0.25) is 0 Å². The van der Waals surface area contributed by atoms with E-state index in [1.54, 1.807) is 0 Å². The second kappa shape index (κ2) is 7.56. The van der Waals surface area contributed by atoms with Crippen LogP contribution in [0.5, 0.6) is 0 Å². The van der Waals surface area contributed by atoms with Gasteiger partial charge in [0, 0.05) is 0 Å². The molecular weight excluding hydrogens is 357 g/mol. The minimum Gasteiger partial charge on any atom is -0.361 e. The van der Waals surface area contributed by atoms with Crippen LogP contribution in [0.15, 0.2) is 48.5 Å². The van der Waals surface area contributed by atoms with E-state index in [1.165, 1.54) is 23.3 Å². The van der Waals surface area contributed by atoms with E-state index in [0.717, 1.165) is 24.9 Å². The number of rotatable bonds is 5. The van der Waals surface area contributed by atoms with Gasteiger partial charge < -0.3 is 9.64 Å². The lowest BCUT2D eigenvalue weighted by Crippen LogP contribution is -2.28. The average Bonchev–Trinajstić information content (AvgIpc) is 2.88. The summed E-state index contributed by atoms with van der Waals surface area (Å²) in [5, 5.41) is 0. The SMILES string of the molecule is Br.CN(C)CCC[C@@]1(c2ccc(F)cc2)OCc2ccccc21. The zero-order valence-electron chi connectivity index (χ0n) is 13.6. The van der Waals surface area contributed by atoms with E-state index in [9.17, 15) is 4.39 Å². The molecule has 0 aliphatic carbocycles. The van der Waals surface area contributed by atoms with E-state index < -0.39 is 5.60 Å². The fourth-order valence-corrected chi connectivity index (χ4v) is 3.27. The fourth-order valence-electron chi connectivity index (χ4n) is 3.27. The highest BCUT2D eigenvalue weighted by Gasteiger charge is 2.41. The quantitative estimate of drug-likeness (QED) is 0.756. The largest absolute Gasteiger partial charge is 0.361 e. The van der Waals surface area contributed by atoms with Gasteiger partial charge in [-0.05, 0) is 62.3 Å². The third-order valence-electron chi connectivity index (χ3n) is 4.37. The maximum atomic E-state index is 13.3. The number of halogens is 2. The predicted molar refractivity (Wildman–Crippen MR) is 96.5 cm³/mol. The predicted octanol–water partition coefficient (Wildman–Crippen LogP) is 4.52. The van der Waals surface area contributed by atoms with Crippen molar-refractivity contribution in [2.45, 2.75) is 25.0 Å². The van der Waals surface area contributed by atoms with E-state index in [2.05, 4.69) is 37.2 Å². The topological polar surface area (TPSA) is 12.5 Å². The third-order valence-corrected chi connectivity index (χ3v) is 4.37. The van der Waals surface area contributed by atoms with Crippen LogP contribution in [0.1, 0.15) is 29.5 Å². The lowest BCUT2D eigenvalue weighted by Gasteiger charge is -2.31. The van der Waals surface area contributed by atoms with Gasteiger partial charge in [-0.15, -0.1) is 17.0 Å². The van der Waals surface area contributed by atoms with Gasteiger partial charge in [-0.25, -0.2) is 4.39 Å². The van der Waals surface area contributed by atoms with Gasteiger partial charge in [-0.3, -0.25) is 0 Å². The van der Waals surface area contributed by atoms with Gasteiger partial charge in [0.25, 0.3) is 0 Å². The van der Waals surface area contributed by atoms with E-state index >= 15 is 0 Å². The molecule has 23 heavy (non-hydrogen) atoms. The second-order valence-electron chi connectivity index (χ2n) is 6.19. The monoisotopic (exact) mass is 379 g/mol. The summed E-state index contributed by atoms with van der Waals surface area (Å²) >= 11 is 0. The molecule has 1 aliphatic rings. The number of fused-ring (bicyclic) bond motifs is 1. The zero-order valence-corrected chi connectivity index (χ0v) is 15.3. The lowest BCUT2D eigenvalue weighted by molar-refractivity contribution is -0.0140. The van der Waals surface area contributed by atoms with Crippen molar-refractivity contribution in [3.63, 3.8) is 0 Å². The summed E-state index contributed by atoms with van der Waals surface area (Å²) in [4.78, 5) is 2.18. The zero-order chi connectivity index (χ0) is 15.6. The first-order chi connectivity index (χ1) is 10.6. The summed E-state index contributed by atoms with van der Waals surface area (Å²) in [6, 6.07) is 15.1. The Morgan fingerprint density at radius 1 is 1.09 bits per heavy atom. The first-order valence-corrected chi connectivity index (χ1v) is 7.75. The van der Waals surface area contributed by atoms with Crippen molar-refractivity contribution in [3.05, 3.63) is 71.0 Å². The molecule has 4 heteroatoms. The minimum atomic E-state index is -0.444. The van der Waals surface area contributed by atoms with Gasteiger partial charge in [-0.1, -0.05) is 36.4 Å². The standard InChI is InChI=1S/C19H22FNO.BrH/c1-21(2)13-5-12-19(16-8-10-17(20)11-9-16)18-7-4-3-6-15(18)14-22-19;/h3-4,6-11H,5,12-14H2,1-2H3;1H/t19-;/m0./s1. The van der Waals surface area contributed by atoms with E-state index in [0.29, 0.717) is 6.61 Å². The molecule has 0 spiro atoms. The first kappa shape index (κ1) is 18.1. The molecule has 2 nitrogen and oxygen atoms in total. The summed E-state index contributed by atoms with van der Waals surface area (Å²) in [6.45, 7) is 1.63. The molecule has 0 amide bonds. The smallest absolute Gasteiger partial charge is 0.123 e. The van der Waals surface area contributed by atoms with E-state index in [4.69, 9.17) is 4.74 Å². The molecule has 0 radical (unpaired) electrons. The van der Waals surface area contributed by atoms with Gasteiger partial charge in [0.2, 0.25) is 0 Å². The van der Waals surface area contributed by atoms with Crippen LogP contribution in [0, 0.1) is 5.82 Å². The fraction of sp³-hybridized carbons (Fsp3) is 0.368. The number of hydrogen-bond donors (Lipinski definition) is 0. The van der Waals surface area contributed by atoms with E-state index in [-0.39, 0.29) is 22.8 Å². The van der Waals surface area contributed by atoms with Gasteiger partial charge >= 0.3 is 0 Å². The molecule has 0 aromatic heterocycles. The van der Waals surface area contributed by atoms with Crippen molar-refractivity contribution in [2.75, 3.05) is 20.6 Å². The molecule has 0 bridgehead atoms. The summed E-state index contributed by atoms with van der Waals surface area (Å²) in [5.41, 5.74) is 3.05. The first-order valence-electron chi connectivity index (χ1n) is 7.75. The van der Waals surface area contributed by atoms with Crippen molar-refractivity contribution < 1.29 is 9.13 Å². The highest BCUT2D eigenvalue weighted by Crippen LogP contribution is 2.45. The van der Waals surface area contributed by atoms with Crippen molar-refractivity contribution in [1.29, 1.82) is 0 Å². The molecule has 0 N–H and O–H groups in total. The molecular formula is C19H23BrFNO. The Morgan fingerprint density at radius 2 is 1.78 bits per heavy atom. The average molecular weight is 380 g/mol. The third kappa shape index (κ3) is 3.65. The van der Waals surface area contributed by atoms with Gasteiger partial charge in [0.1, 0.15) is 11.4 Å². The van der Waals surface area contributed by atoms with Crippen LogP contribution in [-0.2, 0) is 16.9 Å². The van der Waals surface area contributed by atoms with Crippen LogP contribution in [-0.4, -0.2) is 25.5 Å². The molecule has 1 atom stereocenters. The van der Waals surface area contributed by atoms with Crippen LogP contribution in [0.3, 0.4) is 0 Å². The Morgan fingerprint density at radius 3 is 2.48 bits per heavy atom. The molecule has 1 aliphatic heterocycles. The van der Waals surface area contributed by atoms with Crippen molar-refractivity contribution in [1.82, 2.24) is 4.90 Å². The van der Waals surface area contributed by atoms with Crippen molar-refractivity contribution in [3.8, 4) is 0 Å². The summed E-state index contributed by atoms with van der Waals surface area (Å²) < 4.78 is 19.6. The Labute approximate surface area is 148 Å². The van der Waals surface area contributed by atoms with Crippen LogP contribution < -0.4 is 0 Å². The van der Waals surface area contributed by atoms with Crippen LogP contribution >= 0.6 is 17.0 Å². The Hall–Kier alpha value is -1.23. The molecule has 3 rings (SSSR count). The maximum Gasteiger partial charge on any atom is 0.123 e. The highest BCUT2D eigenvalue weighted by molar-refractivity contribution is 8.93. The Kier molecular flexibility index (Phi) is 5.95. The van der Waals surface area contributed by atoms with Crippen LogP contribution in [0.25, 0.3) is 0 Å². The number of nitrogens with zero attached hydrogens (tertiary/aromatic N) is 1. The summed E-state index contributed by atoms with van der Waals surface area (Å²) in [5.74, 6) is -0.210. The van der Waals surface area contributed by atoms with Gasteiger partial charge in [-0.2, -0.15) is 0 Å². The van der Waals surface area contributed by atoms with Crippen LogP contribution in [0.4, 0.5) is 4.39 Å². The molecule has 0 unspecified atom stereocenters.